The van der Waals surface area contributed by atoms with E-state index in [1.54, 1.807) is 7.05 Å². The third-order valence-electron chi connectivity index (χ3n) is 5.32. The predicted octanol–water partition coefficient (Wildman–Crippen LogP) is 3.22. The molecular formula is C22H26F2N6. The SMILES string of the molecule is CN=C(NCCCc1nc2ccccc2[nH]1)NC1CCN(c2ccc(F)cc2F)C1. The van der Waals surface area contributed by atoms with Crippen LogP contribution in [0.3, 0.4) is 0 Å². The predicted molar refractivity (Wildman–Crippen MR) is 116 cm³/mol. The number of guanidine groups is 1. The summed E-state index contributed by atoms with van der Waals surface area (Å²) < 4.78 is 27.2. The van der Waals surface area contributed by atoms with Crippen LogP contribution in [0.4, 0.5) is 14.5 Å². The number of imidazole rings is 1. The number of anilines is 1. The van der Waals surface area contributed by atoms with Crippen molar-refractivity contribution in [2.45, 2.75) is 25.3 Å². The second-order valence-corrected chi connectivity index (χ2v) is 7.47. The van der Waals surface area contributed by atoms with Gasteiger partial charge in [0.05, 0.1) is 16.7 Å². The lowest BCUT2D eigenvalue weighted by molar-refractivity contribution is 0.580. The molecule has 1 fully saturated rings. The molecule has 1 aromatic heterocycles. The van der Waals surface area contributed by atoms with Gasteiger partial charge in [-0.1, -0.05) is 12.1 Å². The summed E-state index contributed by atoms with van der Waals surface area (Å²) in [4.78, 5) is 14.2. The second kappa shape index (κ2) is 9.11. The van der Waals surface area contributed by atoms with Gasteiger partial charge in [-0.3, -0.25) is 4.99 Å². The van der Waals surface area contributed by atoms with Crippen molar-refractivity contribution in [1.82, 2.24) is 20.6 Å². The number of aryl methyl sites for hydroxylation is 1. The highest BCUT2D eigenvalue weighted by molar-refractivity contribution is 5.80. The van der Waals surface area contributed by atoms with E-state index >= 15 is 0 Å². The van der Waals surface area contributed by atoms with Crippen molar-refractivity contribution >= 4 is 22.7 Å². The number of aromatic nitrogens is 2. The minimum atomic E-state index is -0.558. The van der Waals surface area contributed by atoms with Gasteiger partial charge in [0.1, 0.15) is 17.5 Å². The number of halogens is 2. The largest absolute Gasteiger partial charge is 0.367 e. The van der Waals surface area contributed by atoms with Gasteiger partial charge in [0, 0.05) is 45.2 Å². The number of nitrogens with zero attached hydrogens (tertiary/aromatic N) is 3. The Morgan fingerprint density at radius 3 is 2.93 bits per heavy atom. The van der Waals surface area contributed by atoms with Crippen molar-refractivity contribution in [3.05, 3.63) is 59.9 Å². The molecule has 3 N–H and O–H groups in total. The molecule has 2 heterocycles. The molecule has 1 saturated heterocycles. The van der Waals surface area contributed by atoms with Gasteiger partial charge in [-0.2, -0.15) is 0 Å². The summed E-state index contributed by atoms with van der Waals surface area (Å²) in [6.45, 7) is 2.12. The average Bonchev–Trinajstić information content (AvgIpc) is 3.36. The Kier molecular flexibility index (Phi) is 6.11. The summed E-state index contributed by atoms with van der Waals surface area (Å²) in [5.74, 6) is 0.626. The summed E-state index contributed by atoms with van der Waals surface area (Å²) in [7, 11) is 1.74. The number of H-pyrrole nitrogens is 1. The van der Waals surface area contributed by atoms with E-state index in [0.29, 0.717) is 18.8 Å². The number of fused-ring (bicyclic) bond motifs is 1. The lowest BCUT2D eigenvalue weighted by atomic mass is 10.2. The van der Waals surface area contributed by atoms with Crippen LogP contribution in [0.15, 0.2) is 47.5 Å². The minimum absolute atomic E-state index is 0.149. The molecule has 0 aliphatic carbocycles. The fourth-order valence-electron chi connectivity index (χ4n) is 3.81. The van der Waals surface area contributed by atoms with Gasteiger partial charge < -0.3 is 20.5 Å². The summed E-state index contributed by atoms with van der Waals surface area (Å²) in [6, 6.07) is 11.9. The van der Waals surface area contributed by atoms with Crippen molar-refractivity contribution in [3.8, 4) is 0 Å². The van der Waals surface area contributed by atoms with Gasteiger partial charge in [0.25, 0.3) is 0 Å². The maximum atomic E-state index is 14.0. The molecule has 3 aromatic rings. The van der Waals surface area contributed by atoms with E-state index in [0.717, 1.165) is 54.7 Å². The summed E-state index contributed by atoms with van der Waals surface area (Å²) in [5, 5.41) is 6.72. The van der Waals surface area contributed by atoms with E-state index in [1.807, 2.05) is 29.2 Å². The fraction of sp³-hybridized carbons (Fsp3) is 0.364. The van der Waals surface area contributed by atoms with Crippen LogP contribution in [0.1, 0.15) is 18.7 Å². The molecule has 0 radical (unpaired) electrons. The first-order chi connectivity index (χ1) is 14.6. The quantitative estimate of drug-likeness (QED) is 0.330. The number of para-hydroxylation sites is 2. The van der Waals surface area contributed by atoms with E-state index in [9.17, 15) is 8.78 Å². The second-order valence-electron chi connectivity index (χ2n) is 7.47. The Morgan fingerprint density at radius 1 is 1.27 bits per heavy atom. The number of hydrogen-bond acceptors (Lipinski definition) is 3. The summed E-state index contributed by atoms with van der Waals surface area (Å²) in [5.41, 5.74) is 2.48. The van der Waals surface area contributed by atoms with Gasteiger partial charge in [-0.25, -0.2) is 13.8 Å². The number of aliphatic imine (C=N–C) groups is 1. The standard InChI is InChI=1S/C22H26F2N6/c1-25-22(26-11-4-7-21-28-18-5-2-3-6-19(18)29-21)27-16-10-12-30(14-16)20-9-8-15(23)13-17(20)24/h2-3,5-6,8-9,13,16H,4,7,10-12,14H2,1H3,(H,28,29)(H2,25,26,27). The molecule has 0 spiro atoms. The highest BCUT2D eigenvalue weighted by atomic mass is 19.1. The fourth-order valence-corrected chi connectivity index (χ4v) is 3.81. The van der Waals surface area contributed by atoms with Crippen molar-refractivity contribution in [2.75, 3.05) is 31.6 Å². The molecule has 0 saturated carbocycles. The number of nitrogens with one attached hydrogen (secondary N) is 3. The van der Waals surface area contributed by atoms with Crippen LogP contribution < -0.4 is 15.5 Å². The van der Waals surface area contributed by atoms with Crippen molar-refractivity contribution in [3.63, 3.8) is 0 Å². The van der Waals surface area contributed by atoms with Crippen LogP contribution in [0.2, 0.25) is 0 Å². The highest BCUT2D eigenvalue weighted by Crippen LogP contribution is 2.24. The molecule has 1 aliphatic heterocycles. The maximum absolute atomic E-state index is 14.0. The van der Waals surface area contributed by atoms with E-state index in [2.05, 4.69) is 25.6 Å². The molecule has 158 valence electrons. The number of aromatic amines is 1. The van der Waals surface area contributed by atoms with E-state index in [4.69, 9.17) is 0 Å². The van der Waals surface area contributed by atoms with E-state index < -0.39 is 11.6 Å². The van der Waals surface area contributed by atoms with Crippen LogP contribution >= 0.6 is 0 Å². The normalized spacial score (nSPS) is 17.0. The number of rotatable bonds is 6. The first-order valence-electron chi connectivity index (χ1n) is 10.2. The number of benzene rings is 2. The monoisotopic (exact) mass is 412 g/mol. The summed E-state index contributed by atoms with van der Waals surface area (Å²) >= 11 is 0. The summed E-state index contributed by atoms with van der Waals surface area (Å²) in [6.07, 6.45) is 2.62. The maximum Gasteiger partial charge on any atom is 0.191 e. The van der Waals surface area contributed by atoms with Gasteiger partial charge >= 0.3 is 0 Å². The van der Waals surface area contributed by atoms with Crippen LogP contribution in [0.5, 0.6) is 0 Å². The molecule has 0 bridgehead atoms. The van der Waals surface area contributed by atoms with Crippen molar-refractivity contribution < 1.29 is 8.78 Å². The Labute approximate surface area is 174 Å². The van der Waals surface area contributed by atoms with Gasteiger partial charge in [-0.05, 0) is 37.1 Å². The minimum Gasteiger partial charge on any atom is -0.367 e. The Balaban J connectivity index is 1.23. The lowest BCUT2D eigenvalue weighted by Gasteiger charge is -2.21. The molecule has 4 rings (SSSR count). The zero-order chi connectivity index (χ0) is 20.9. The van der Waals surface area contributed by atoms with Crippen molar-refractivity contribution in [2.24, 2.45) is 4.99 Å². The molecule has 8 heteroatoms. The lowest BCUT2D eigenvalue weighted by Crippen LogP contribution is -2.45. The Morgan fingerprint density at radius 2 is 2.13 bits per heavy atom. The van der Waals surface area contributed by atoms with Gasteiger partial charge in [0.2, 0.25) is 0 Å². The third-order valence-corrected chi connectivity index (χ3v) is 5.32. The third kappa shape index (κ3) is 4.69. The zero-order valence-electron chi connectivity index (χ0n) is 17.0. The highest BCUT2D eigenvalue weighted by Gasteiger charge is 2.25. The van der Waals surface area contributed by atoms with Crippen molar-refractivity contribution in [1.29, 1.82) is 0 Å². The average molecular weight is 412 g/mol. The topological polar surface area (TPSA) is 68.3 Å². The van der Waals surface area contributed by atoms with E-state index in [-0.39, 0.29) is 6.04 Å². The molecule has 6 nitrogen and oxygen atoms in total. The van der Waals surface area contributed by atoms with Gasteiger partial charge in [-0.15, -0.1) is 0 Å². The smallest absolute Gasteiger partial charge is 0.191 e. The molecule has 1 unspecified atom stereocenters. The molecule has 1 atom stereocenters. The van der Waals surface area contributed by atoms with E-state index in [1.165, 1.54) is 12.1 Å². The number of hydrogen-bond donors (Lipinski definition) is 3. The van der Waals surface area contributed by atoms with Gasteiger partial charge in [0.15, 0.2) is 5.96 Å². The van der Waals surface area contributed by atoms with Crippen LogP contribution in [-0.4, -0.2) is 48.7 Å². The Bertz CT molecular complexity index is 998. The first kappa shape index (κ1) is 20.1. The van der Waals surface area contributed by atoms with Crippen LogP contribution in [0, 0.1) is 11.6 Å². The zero-order valence-corrected chi connectivity index (χ0v) is 17.0. The molecule has 0 amide bonds. The van der Waals surface area contributed by atoms with Crippen LogP contribution in [-0.2, 0) is 6.42 Å². The molecular weight excluding hydrogens is 386 g/mol. The molecule has 1 aliphatic rings. The molecule has 30 heavy (non-hydrogen) atoms. The first-order valence-corrected chi connectivity index (χ1v) is 10.2. The van der Waals surface area contributed by atoms with Crippen LogP contribution in [0.25, 0.3) is 11.0 Å². The Hall–Kier alpha value is -3.16. The molecule has 2 aromatic carbocycles.